The number of nitrogens with one attached hydrogen (secondary N) is 1. The van der Waals surface area contributed by atoms with Crippen LogP contribution < -0.4 is 5.32 Å². The van der Waals surface area contributed by atoms with Crippen LogP contribution >= 0.6 is 0 Å². The van der Waals surface area contributed by atoms with E-state index in [4.69, 9.17) is 4.52 Å². The van der Waals surface area contributed by atoms with Crippen LogP contribution in [0.15, 0.2) is 4.52 Å². The fourth-order valence-corrected chi connectivity index (χ4v) is 3.67. The molecule has 1 fully saturated rings. The molecule has 0 saturated heterocycles. The number of aromatic nitrogens is 2. The van der Waals surface area contributed by atoms with E-state index in [2.05, 4.69) is 24.9 Å². The zero-order valence-corrected chi connectivity index (χ0v) is 18.3. The van der Waals surface area contributed by atoms with Gasteiger partial charge >= 0.3 is 11.9 Å². The summed E-state index contributed by atoms with van der Waals surface area (Å²) in [6.45, 7) is 0.722. The van der Waals surface area contributed by atoms with E-state index in [-0.39, 0.29) is 37.7 Å². The van der Waals surface area contributed by atoms with Gasteiger partial charge in [0.1, 0.15) is 18.6 Å². The van der Waals surface area contributed by atoms with Gasteiger partial charge in [-0.25, -0.2) is 0 Å². The molecule has 0 radical (unpaired) electrons. The number of rotatable bonds is 9. The Balaban J connectivity index is 2.07. The molecule has 172 valence electrons. The first kappa shape index (κ1) is 24.3. The summed E-state index contributed by atoms with van der Waals surface area (Å²) >= 11 is 0. The van der Waals surface area contributed by atoms with Crippen LogP contribution in [0, 0.1) is 0 Å². The summed E-state index contributed by atoms with van der Waals surface area (Å²) in [5, 5.41) is 7.08. The van der Waals surface area contributed by atoms with Crippen molar-refractivity contribution in [2.75, 3.05) is 27.3 Å². The van der Waals surface area contributed by atoms with Crippen molar-refractivity contribution in [3.05, 3.63) is 11.7 Å². The van der Waals surface area contributed by atoms with Gasteiger partial charge < -0.3 is 24.2 Å². The third-order valence-electron chi connectivity index (χ3n) is 5.27. The minimum absolute atomic E-state index is 0.0528. The van der Waals surface area contributed by atoms with E-state index >= 15 is 0 Å². The maximum atomic E-state index is 12.5. The lowest BCUT2D eigenvalue weighted by Gasteiger charge is -2.30. The van der Waals surface area contributed by atoms with Crippen molar-refractivity contribution in [3.63, 3.8) is 0 Å². The molecule has 0 spiro atoms. The van der Waals surface area contributed by atoms with Crippen LogP contribution in [0.1, 0.15) is 63.6 Å². The van der Waals surface area contributed by atoms with Crippen molar-refractivity contribution in [3.8, 4) is 0 Å². The van der Waals surface area contributed by atoms with Crippen molar-refractivity contribution in [2.45, 2.75) is 63.8 Å². The van der Waals surface area contributed by atoms with E-state index in [1.54, 1.807) is 0 Å². The maximum absolute atomic E-state index is 12.5. The second-order valence-electron chi connectivity index (χ2n) is 7.59. The molecule has 1 aromatic rings. The third-order valence-corrected chi connectivity index (χ3v) is 5.27. The summed E-state index contributed by atoms with van der Waals surface area (Å²) in [4.78, 5) is 53.0. The van der Waals surface area contributed by atoms with E-state index in [0.29, 0.717) is 5.82 Å². The van der Waals surface area contributed by atoms with Gasteiger partial charge in [-0.3, -0.25) is 19.2 Å². The van der Waals surface area contributed by atoms with Gasteiger partial charge in [-0.15, -0.1) is 0 Å². The molecule has 1 saturated carbocycles. The standard InChI is InChI=1S/C20H30N4O7/c1-14(25)22-20(10-6-4-5-7-11-20)19-21-15(31-23-19)8-9-16(26)24(12-17(27)29-2)13-18(28)30-3/h4-13H2,1-3H3,(H,22,25). The average molecular weight is 438 g/mol. The van der Waals surface area contributed by atoms with E-state index < -0.39 is 23.4 Å². The van der Waals surface area contributed by atoms with Gasteiger partial charge in [0.2, 0.25) is 17.7 Å². The van der Waals surface area contributed by atoms with Gasteiger partial charge in [-0.2, -0.15) is 4.98 Å². The Labute approximate surface area is 180 Å². The quantitative estimate of drug-likeness (QED) is 0.439. The summed E-state index contributed by atoms with van der Waals surface area (Å²) in [7, 11) is 2.39. The summed E-state index contributed by atoms with van der Waals surface area (Å²) in [6.07, 6.45) is 5.56. The van der Waals surface area contributed by atoms with Crippen LogP contribution in [0.2, 0.25) is 0 Å². The van der Waals surface area contributed by atoms with Crippen LogP contribution in [0.4, 0.5) is 0 Å². The Hall–Kier alpha value is -2.98. The highest BCUT2D eigenvalue weighted by Crippen LogP contribution is 2.34. The second-order valence-corrected chi connectivity index (χ2v) is 7.59. The summed E-state index contributed by atoms with van der Waals surface area (Å²) < 4.78 is 14.5. The van der Waals surface area contributed by atoms with E-state index in [1.807, 2.05) is 0 Å². The molecular formula is C20H30N4O7. The first-order chi connectivity index (χ1) is 14.8. The largest absolute Gasteiger partial charge is 0.468 e. The molecule has 0 unspecified atom stereocenters. The lowest BCUT2D eigenvalue weighted by atomic mass is 9.89. The average Bonchev–Trinajstić information content (AvgIpc) is 3.11. The molecule has 1 aliphatic rings. The molecule has 11 nitrogen and oxygen atoms in total. The van der Waals surface area contributed by atoms with Gasteiger partial charge in [0, 0.05) is 19.8 Å². The predicted octanol–water partition coefficient (Wildman–Crippen LogP) is 0.862. The molecule has 1 aliphatic carbocycles. The van der Waals surface area contributed by atoms with Crippen molar-refractivity contribution in [1.29, 1.82) is 0 Å². The number of aryl methyl sites for hydroxylation is 1. The van der Waals surface area contributed by atoms with Crippen molar-refractivity contribution < 1.29 is 33.2 Å². The molecule has 2 rings (SSSR count). The number of esters is 2. The van der Waals surface area contributed by atoms with Gasteiger partial charge in [0.25, 0.3) is 0 Å². The molecule has 1 N–H and O–H groups in total. The van der Waals surface area contributed by atoms with Gasteiger partial charge in [-0.1, -0.05) is 30.8 Å². The van der Waals surface area contributed by atoms with Crippen molar-refractivity contribution in [2.24, 2.45) is 0 Å². The topological polar surface area (TPSA) is 141 Å². The van der Waals surface area contributed by atoms with Gasteiger partial charge in [0.15, 0.2) is 5.82 Å². The monoisotopic (exact) mass is 438 g/mol. The molecule has 0 atom stereocenters. The Bertz CT molecular complexity index is 766. The number of methoxy groups -OCH3 is 2. The first-order valence-electron chi connectivity index (χ1n) is 10.3. The van der Waals surface area contributed by atoms with Crippen molar-refractivity contribution >= 4 is 23.8 Å². The molecule has 2 amide bonds. The van der Waals surface area contributed by atoms with Crippen LogP contribution in [-0.4, -0.2) is 66.1 Å². The zero-order valence-electron chi connectivity index (χ0n) is 18.3. The molecular weight excluding hydrogens is 408 g/mol. The molecule has 0 aromatic carbocycles. The zero-order chi connectivity index (χ0) is 22.9. The number of ether oxygens (including phenoxy) is 2. The lowest BCUT2D eigenvalue weighted by Crippen LogP contribution is -2.45. The number of carbonyl (C=O) groups excluding carboxylic acids is 4. The summed E-state index contributed by atoms with van der Waals surface area (Å²) in [5.41, 5.74) is -0.671. The van der Waals surface area contributed by atoms with Crippen LogP contribution in [0.5, 0.6) is 0 Å². The number of nitrogens with zero attached hydrogens (tertiary/aromatic N) is 3. The normalized spacial score (nSPS) is 15.5. The van der Waals surface area contributed by atoms with Crippen LogP contribution in [0.3, 0.4) is 0 Å². The molecule has 1 heterocycles. The van der Waals surface area contributed by atoms with Crippen molar-refractivity contribution in [1.82, 2.24) is 20.4 Å². The predicted molar refractivity (Wildman–Crippen MR) is 106 cm³/mol. The molecule has 0 aliphatic heterocycles. The molecule has 11 heteroatoms. The Morgan fingerprint density at radius 1 is 1.03 bits per heavy atom. The number of amides is 2. The SMILES string of the molecule is COC(=O)CN(CC(=O)OC)C(=O)CCc1nc(C2(NC(C)=O)CCCCCC2)no1. The highest BCUT2D eigenvalue weighted by molar-refractivity contribution is 5.86. The Kier molecular flexibility index (Phi) is 8.95. The minimum Gasteiger partial charge on any atom is -0.468 e. The fourth-order valence-electron chi connectivity index (χ4n) is 3.67. The number of hydrogen-bond donors (Lipinski definition) is 1. The smallest absolute Gasteiger partial charge is 0.325 e. The summed E-state index contributed by atoms with van der Waals surface area (Å²) in [5.74, 6) is -1.27. The number of carbonyl (C=O) groups is 4. The minimum atomic E-state index is -0.671. The molecule has 0 bridgehead atoms. The van der Waals surface area contributed by atoms with E-state index in [1.165, 1.54) is 21.1 Å². The first-order valence-corrected chi connectivity index (χ1v) is 10.3. The highest BCUT2D eigenvalue weighted by atomic mass is 16.5. The molecule has 31 heavy (non-hydrogen) atoms. The molecule has 1 aromatic heterocycles. The second kappa shape index (κ2) is 11.4. The summed E-state index contributed by atoms with van der Waals surface area (Å²) in [6, 6.07) is 0. The highest BCUT2D eigenvalue weighted by Gasteiger charge is 2.38. The van der Waals surface area contributed by atoms with Crippen LogP contribution in [0.25, 0.3) is 0 Å². The Morgan fingerprint density at radius 3 is 2.13 bits per heavy atom. The van der Waals surface area contributed by atoms with Crippen LogP contribution in [-0.2, 0) is 40.6 Å². The van der Waals surface area contributed by atoms with Gasteiger partial charge in [-0.05, 0) is 12.8 Å². The van der Waals surface area contributed by atoms with E-state index in [0.717, 1.165) is 43.4 Å². The number of hydrogen-bond acceptors (Lipinski definition) is 9. The fraction of sp³-hybridized carbons (Fsp3) is 0.700. The lowest BCUT2D eigenvalue weighted by molar-refractivity contribution is -0.152. The van der Waals surface area contributed by atoms with Gasteiger partial charge in [0.05, 0.1) is 14.2 Å². The third kappa shape index (κ3) is 7.04. The Morgan fingerprint density at radius 2 is 1.61 bits per heavy atom. The van der Waals surface area contributed by atoms with E-state index in [9.17, 15) is 19.2 Å². The maximum Gasteiger partial charge on any atom is 0.325 e.